The summed E-state index contributed by atoms with van der Waals surface area (Å²) in [6.45, 7) is 6.91. The van der Waals surface area contributed by atoms with Gasteiger partial charge in [-0.1, -0.05) is 19.9 Å². The quantitative estimate of drug-likeness (QED) is 0.683. The van der Waals surface area contributed by atoms with Crippen molar-refractivity contribution >= 4 is 10.9 Å². The molecular formula is C15H19NO. The van der Waals surface area contributed by atoms with Crippen LogP contribution in [0.4, 0.5) is 0 Å². The van der Waals surface area contributed by atoms with E-state index in [0.29, 0.717) is 0 Å². The van der Waals surface area contributed by atoms with E-state index in [1.807, 2.05) is 20.0 Å². The highest BCUT2D eigenvalue weighted by atomic mass is 16.5. The number of benzene rings is 1. The molecule has 2 nitrogen and oxygen atoms in total. The Morgan fingerprint density at radius 1 is 1.18 bits per heavy atom. The molecule has 1 aliphatic rings. The summed E-state index contributed by atoms with van der Waals surface area (Å²) in [5.41, 5.74) is 3.68. The maximum Gasteiger partial charge on any atom is 0.128 e. The summed E-state index contributed by atoms with van der Waals surface area (Å²) >= 11 is 0. The summed E-state index contributed by atoms with van der Waals surface area (Å²) in [4.78, 5) is 4.45. The van der Waals surface area contributed by atoms with Crippen molar-refractivity contribution in [3.05, 3.63) is 35.5 Å². The van der Waals surface area contributed by atoms with Gasteiger partial charge < -0.3 is 4.74 Å². The van der Waals surface area contributed by atoms with Crippen molar-refractivity contribution < 1.29 is 4.74 Å². The van der Waals surface area contributed by atoms with Gasteiger partial charge in [-0.25, -0.2) is 0 Å². The first-order valence-electron chi connectivity index (χ1n) is 6.36. The Labute approximate surface area is 103 Å². The lowest BCUT2D eigenvalue weighted by Crippen LogP contribution is -1.94. The molecule has 2 aromatic rings. The van der Waals surface area contributed by atoms with Crippen LogP contribution in [0, 0.1) is 6.92 Å². The Balaban J connectivity index is 0.000000514. The average molecular weight is 229 g/mol. The second-order valence-corrected chi connectivity index (χ2v) is 4.03. The first kappa shape index (κ1) is 11.9. The van der Waals surface area contributed by atoms with Crippen LogP contribution < -0.4 is 4.74 Å². The standard InChI is InChI=1S/C13H13NO.C2H6/c1-9-4-5-11-12-10(3-2-8-15-11)6-7-14-13(9)12;1-2/h4-7H,2-3,8H2,1H3;1-2H3. The predicted octanol–water partition coefficient (Wildman–Crippen LogP) is 3.89. The smallest absolute Gasteiger partial charge is 0.128 e. The van der Waals surface area contributed by atoms with Gasteiger partial charge in [-0.15, -0.1) is 0 Å². The van der Waals surface area contributed by atoms with Crippen LogP contribution in [0.1, 0.15) is 31.4 Å². The second-order valence-electron chi connectivity index (χ2n) is 4.03. The summed E-state index contributed by atoms with van der Waals surface area (Å²) in [7, 11) is 0. The summed E-state index contributed by atoms with van der Waals surface area (Å²) in [5.74, 6) is 0.996. The van der Waals surface area contributed by atoms with E-state index >= 15 is 0 Å². The largest absolute Gasteiger partial charge is 0.493 e. The predicted molar refractivity (Wildman–Crippen MR) is 71.6 cm³/mol. The molecule has 2 heteroatoms. The maximum atomic E-state index is 5.74. The van der Waals surface area contributed by atoms with Gasteiger partial charge in [0.2, 0.25) is 0 Å². The molecule has 17 heavy (non-hydrogen) atoms. The third kappa shape index (κ3) is 2.12. The molecule has 0 fully saturated rings. The fourth-order valence-electron chi connectivity index (χ4n) is 2.21. The first-order chi connectivity index (χ1) is 8.36. The van der Waals surface area contributed by atoms with E-state index < -0.39 is 0 Å². The molecule has 0 N–H and O–H groups in total. The lowest BCUT2D eigenvalue weighted by molar-refractivity contribution is 0.319. The Morgan fingerprint density at radius 3 is 2.82 bits per heavy atom. The fraction of sp³-hybridized carbons (Fsp3) is 0.400. The van der Waals surface area contributed by atoms with E-state index in [2.05, 4.69) is 30.1 Å². The van der Waals surface area contributed by atoms with Crippen molar-refractivity contribution in [1.29, 1.82) is 0 Å². The number of aryl methyl sites for hydroxylation is 2. The lowest BCUT2D eigenvalue weighted by atomic mass is 10.0. The van der Waals surface area contributed by atoms with E-state index in [1.165, 1.54) is 16.5 Å². The van der Waals surface area contributed by atoms with Crippen molar-refractivity contribution in [2.24, 2.45) is 0 Å². The minimum atomic E-state index is 0.812. The van der Waals surface area contributed by atoms with Gasteiger partial charge in [0.25, 0.3) is 0 Å². The topological polar surface area (TPSA) is 22.1 Å². The van der Waals surface area contributed by atoms with Crippen LogP contribution in [0.3, 0.4) is 0 Å². The number of ether oxygens (including phenoxy) is 1. The SMILES string of the molecule is CC.Cc1ccc2c3c(ccnc13)CCCO2. The van der Waals surface area contributed by atoms with Crippen LogP contribution in [-0.2, 0) is 6.42 Å². The van der Waals surface area contributed by atoms with E-state index in [-0.39, 0.29) is 0 Å². The van der Waals surface area contributed by atoms with Crippen molar-refractivity contribution in [3.63, 3.8) is 0 Å². The van der Waals surface area contributed by atoms with E-state index in [1.54, 1.807) is 0 Å². The molecule has 2 heterocycles. The summed E-state index contributed by atoms with van der Waals surface area (Å²) in [6, 6.07) is 6.26. The van der Waals surface area contributed by atoms with E-state index in [0.717, 1.165) is 30.7 Å². The van der Waals surface area contributed by atoms with Crippen molar-refractivity contribution in [2.75, 3.05) is 6.61 Å². The number of hydrogen-bond acceptors (Lipinski definition) is 2. The number of hydrogen-bond donors (Lipinski definition) is 0. The number of nitrogens with zero attached hydrogens (tertiary/aromatic N) is 1. The summed E-state index contributed by atoms with van der Waals surface area (Å²) in [6.07, 6.45) is 4.09. The van der Waals surface area contributed by atoms with Gasteiger partial charge in [0.05, 0.1) is 12.1 Å². The van der Waals surface area contributed by atoms with Gasteiger partial charge >= 0.3 is 0 Å². The Hall–Kier alpha value is -1.57. The van der Waals surface area contributed by atoms with Crippen molar-refractivity contribution in [3.8, 4) is 5.75 Å². The molecule has 0 saturated heterocycles. The van der Waals surface area contributed by atoms with Crippen LogP contribution in [0.25, 0.3) is 10.9 Å². The molecule has 0 spiro atoms. The van der Waals surface area contributed by atoms with Crippen LogP contribution >= 0.6 is 0 Å². The Bertz CT molecular complexity index is 507. The number of pyridine rings is 1. The third-order valence-electron chi connectivity index (χ3n) is 2.99. The maximum absolute atomic E-state index is 5.74. The fourth-order valence-corrected chi connectivity index (χ4v) is 2.21. The van der Waals surface area contributed by atoms with Gasteiger partial charge in [-0.3, -0.25) is 4.98 Å². The zero-order chi connectivity index (χ0) is 12.3. The van der Waals surface area contributed by atoms with Crippen LogP contribution in [0.2, 0.25) is 0 Å². The molecule has 0 bridgehead atoms. The molecular weight excluding hydrogens is 210 g/mol. The Morgan fingerprint density at radius 2 is 2.00 bits per heavy atom. The van der Waals surface area contributed by atoms with Crippen LogP contribution in [0.5, 0.6) is 5.75 Å². The highest BCUT2D eigenvalue weighted by Crippen LogP contribution is 2.32. The minimum Gasteiger partial charge on any atom is -0.493 e. The third-order valence-corrected chi connectivity index (χ3v) is 2.99. The molecule has 90 valence electrons. The summed E-state index contributed by atoms with van der Waals surface area (Å²) < 4.78 is 5.74. The normalized spacial score (nSPS) is 13.4. The van der Waals surface area contributed by atoms with Gasteiger partial charge in [0, 0.05) is 11.6 Å². The molecule has 1 aromatic heterocycles. The summed E-state index contributed by atoms with van der Waals surface area (Å²) in [5, 5.41) is 1.22. The van der Waals surface area contributed by atoms with Crippen LogP contribution in [0.15, 0.2) is 24.4 Å². The highest BCUT2D eigenvalue weighted by molar-refractivity contribution is 5.90. The van der Waals surface area contributed by atoms with Crippen molar-refractivity contribution in [1.82, 2.24) is 4.98 Å². The molecule has 1 aromatic carbocycles. The molecule has 0 unspecified atom stereocenters. The Kier molecular flexibility index (Phi) is 3.62. The zero-order valence-electron chi connectivity index (χ0n) is 10.8. The first-order valence-corrected chi connectivity index (χ1v) is 6.36. The van der Waals surface area contributed by atoms with Gasteiger partial charge in [-0.2, -0.15) is 0 Å². The monoisotopic (exact) mass is 229 g/mol. The minimum absolute atomic E-state index is 0.812. The average Bonchev–Trinajstić information content (AvgIpc) is 2.60. The second kappa shape index (κ2) is 5.17. The molecule has 0 radical (unpaired) electrons. The van der Waals surface area contributed by atoms with E-state index in [9.17, 15) is 0 Å². The number of rotatable bonds is 0. The van der Waals surface area contributed by atoms with Crippen LogP contribution in [-0.4, -0.2) is 11.6 Å². The van der Waals surface area contributed by atoms with Gasteiger partial charge in [-0.05, 0) is 43.0 Å². The molecule has 0 aliphatic carbocycles. The zero-order valence-corrected chi connectivity index (χ0v) is 10.8. The molecule has 3 rings (SSSR count). The van der Waals surface area contributed by atoms with Crippen molar-refractivity contribution in [2.45, 2.75) is 33.6 Å². The molecule has 0 saturated carbocycles. The molecule has 1 aliphatic heterocycles. The molecule has 0 atom stereocenters. The lowest BCUT2D eigenvalue weighted by Gasteiger charge is -2.08. The van der Waals surface area contributed by atoms with Gasteiger partial charge in [0.1, 0.15) is 5.75 Å². The molecule has 0 amide bonds. The highest BCUT2D eigenvalue weighted by Gasteiger charge is 2.13. The number of aromatic nitrogens is 1. The van der Waals surface area contributed by atoms with E-state index in [4.69, 9.17) is 4.74 Å². The van der Waals surface area contributed by atoms with Gasteiger partial charge in [0.15, 0.2) is 0 Å².